The van der Waals surface area contributed by atoms with E-state index in [9.17, 15) is 0 Å². The summed E-state index contributed by atoms with van der Waals surface area (Å²) in [6, 6.07) is 0. The molecule has 1 saturated carbocycles. The molecule has 1 fully saturated rings. The first-order chi connectivity index (χ1) is 9.00. The van der Waals surface area contributed by atoms with Crippen molar-refractivity contribution in [3.8, 4) is 0 Å². The standard InChI is InChI=1S/C16H34N2S/c1-5-15(19,6-2)16(17,18(7-3)8-4)14-12-10-9-11-13-14/h14,19H,5-13,17H2,1-4H3. The molecule has 2 N–H and O–H groups in total. The van der Waals surface area contributed by atoms with Gasteiger partial charge in [-0.2, -0.15) is 12.6 Å². The van der Waals surface area contributed by atoms with Crippen molar-refractivity contribution in [1.29, 1.82) is 0 Å². The Labute approximate surface area is 125 Å². The highest BCUT2D eigenvalue weighted by Crippen LogP contribution is 2.45. The second-order valence-electron chi connectivity index (χ2n) is 6.07. The Morgan fingerprint density at radius 3 is 1.84 bits per heavy atom. The molecule has 0 spiro atoms. The lowest BCUT2D eigenvalue weighted by Crippen LogP contribution is -2.71. The summed E-state index contributed by atoms with van der Waals surface area (Å²) in [6.45, 7) is 11.0. The Kier molecular flexibility index (Phi) is 6.68. The molecule has 0 bridgehead atoms. The van der Waals surface area contributed by atoms with Crippen molar-refractivity contribution in [2.75, 3.05) is 13.1 Å². The molecular formula is C16H34N2S. The number of thiol groups is 1. The molecule has 1 aliphatic carbocycles. The van der Waals surface area contributed by atoms with E-state index >= 15 is 0 Å². The molecule has 1 aliphatic rings. The lowest BCUT2D eigenvalue weighted by Gasteiger charge is -2.56. The fourth-order valence-corrected chi connectivity index (χ4v) is 4.36. The average molecular weight is 287 g/mol. The second kappa shape index (κ2) is 7.33. The molecule has 19 heavy (non-hydrogen) atoms. The summed E-state index contributed by atoms with van der Waals surface area (Å²) in [5.74, 6) is 0.596. The van der Waals surface area contributed by atoms with Gasteiger partial charge in [-0.25, -0.2) is 0 Å². The van der Waals surface area contributed by atoms with Crippen LogP contribution >= 0.6 is 12.6 Å². The van der Waals surface area contributed by atoms with E-state index in [0.29, 0.717) is 5.92 Å². The largest absolute Gasteiger partial charge is 0.312 e. The van der Waals surface area contributed by atoms with Crippen LogP contribution in [0.5, 0.6) is 0 Å². The van der Waals surface area contributed by atoms with Gasteiger partial charge in [0.15, 0.2) is 0 Å². The number of hydrogen-bond acceptors (Lipinski definition) is 3. The maximum absolute atomic E-state index is 7.09. The molecule has 0 radical (unpaired) electrons. The van der Waals surface area contributed by atoms with Crippen LogP contribution in [0, 0.1) is 5.92 Å². The molecular weight excluding hydrogens is 252 g/mol. The third-order valence-electron chi connectivity index (χ3n) is 5.43. The lowest BCUT2D eigenvalue weighted by molar-refractivity contribution is -0.0104. The van der Waals surface area contributed by atoms with Crippen LogP contribution in [0.3, 0.4) is 0 Å². The van der Waals surface area contributed by atoms with Crippen LogP contribution in [0.1, 0.15) is 72.6 Å². The molecule has 1 unspecified atom stereocenters. The zero-order valence-electron chi connectivity index (χ0n) is 13.4. The Hall–Kier alpha value is 0.270. The van der Waals surface area contributed by atoms with Gasteiger partial charge in [0.05, 0.1) is 5.66 Å². The Bertz CT molecular complexity index is 255. The minimum absolute atomic E-state index is 0.0823. The summed E-state index contributed by atoms with van der Waals surface area (Å²) in [5.41, 5.74) is 6.83. The third kappa shape index (κ3) is 3.14. The molecule has 0 aromatic heterocycles. The zero-order chi connectivity index (χ0) is 14.5. The topological polar surface area (TPSA) is 29.3 Å². The van der Waals surface area contributed by atoms with E-state index < -0.39 is 0 Å². The number of hydrogen-bond donors (Lipinski definition) is 2. The summed E-state index contributed by atoms with van der Waals surface area (Å²) in [4.78, 5) is 2.48. The van der Waals surface area contributed by atoms with E-state index in [0.717, 1.165) is 25.9 Å². The van der Waals surface area contributed by atoms with E-state index in [2.05, 4.69) is 32.6 Å². The smallest absolute Gasteiger partial charge is 0.0863 e. The van der Waals surface area contributed by atoms with Gasteiger partial charge < -0.3 is 5.73 Å². The number of nitrogens with zero attached hydrogens (tertiary/aromatic N) is 1. The summed E-state index contributed by atoms with van der Waals surface area (Å²) in [5, 5.41) is 0. The normalized spacial score (nSPS) is 21.6. The van der Waals surface area contributed by atoms with Crippen LogP contribution in [-0.4, -0.2) is 28.4 Å². The molecule has 0 heterocycles. The first-order valence-corrected chi connectivity index (χ1v) is 8.71. The molecule has 1 rings (SSSR count). The van der Waals surface area contributed by atoms with Crippen LogP contribution in [0.2, 0.25) is 0 Å². The predicted octanol–water partition coefficient (Wildman–Crippen LogP) is 4.05. The summed E-state index contributed by atoms with van der Waals surface area (Å²) in [7, 11) is 0. The fraction of sp³-hybridized carbons (Fsp3) is 1.00. The highest BCUT2D eigenvalue weighted by atomic mass is 32.1. The van der Waals surface area contributed by atoms with Gasteiger partial charge in [0, 0.05) is 4.75 Å². The van der Waals surface area contributed by atoms with Gasteiger partial charge in [0.25, 0.3) is 0 Å². The van der Waals surface area contributed by atoms with Gasteiger partial charge in [-0.3, -0.25) is 4.90 Å². The number of nitrogens with two attached hydrogens (primary N) is 1. The minimum Gasteiger partial charge on any atom is -0.312 e. The van der Waals surface area contributed by atoms with Crippen LogP contribution in [-0.2, 0) is 0 Å². The molecule has 2 nitrogen and oxygen atoms in total. The molecule has 0 saturated heterocycles. The van der Waals surface area contributed by atoms with Gasteiger partial charge >= 0.3 is 0 Å². The molecule has 114 valence electrons. The van der Waals surface area contributed by atoms with Crippen molar-refractivity contribution < 1.29 is 0 Å². The lowest BCUT2D eigenvalue weighted by atomic mass is 9.70. The van der Waals surface area contributed by atoms with Crippen molar-refractivity contribution >= 4 is 12.6 Å². The van der Waals surface area contributed by atoms with E-state index in [-0.39, 0.29) is 10.4 Å². The third-order valence-corrected chi connectivity index (χ3v) is 6.42. The second-order valence-corrected chi connectivity index (χ2v) is 6.93. The Morgan fingerprint density at radius 2 is 1.47 bits per heavy atom. The van der Waals surface area contributed by atoms with E-state index in [4.69, 9.17) is 18.4 Å². The first kappa shape index (κ1) is 17.3. The summed E-state index contributed by atoms with van der Waals surface area (Å²) >= 11 is 5.09. The van der Waals surface area contributed by atoms with Crippen LogP contribution in [0.25, 0.3) is 0 Å². The quantitative estimate of drug-likeness (QED) is 0.546. The van der Waals surface area contributed by atoms with E-state index in [1.54, 1.807) is 0 Å². The molecule has 0 aromatic carbocycles. The van der Waals surface area contributed by atoms with Gasteiger partial charge in [0.2, 0.25) is 0 Å². The van der Waals surface area contributed by atoms with Crippen LogP contribution in [0.15, 0.2) is 0 Å². The van der Waals surface area contributed by atoms with E-state index in [1.807, 2.05) is 0 Å². The first-order valence-electron chi connectivity index (χ1n) is 8.26. The van der Waals surface area contributed by atoms with Gasteiger partial charge in [-0.05, 0) is 44.7 Å². The molecule has 0 amide bonds. The SMILES string of the molecule is CCN(CC)C(N)(C1CCCCC1)C(S)(CC)CC. The van der Waals surface area contributed by atoms with Crippen LogP contribution < -0.4 is 5.73 Å². The average Bonchev–Trinajstić information content (AvgIpc) is 2.48. The van der Waals surface area contributed by atoms with Gasteiger partial charge in [-0.1, -0.05) is 47.0 Å². The molecule has 3 heteroatoms. The maximum Gasteiger partial charge on any atom is 0.0863 e. The Morgan fingerprint density at radius 1 is 1.00 bits per heavy atom. The van der Waals surface area contributed by atoms with Crippen molar-refractivity contribution in [3.63, 3.8) is 0 Å². The van der Waals surface area contributed by atoms with Crippen molar-refractivity contribution in [2.24, 2.45) is 11.7 Å². The Balaban J connectivity index is 3.14. The molecule has 1 atom stereocenters. The van der Waals surface area contributed by atoms with Crippen molar-refractivity contribution in [1.82, 2.24) is 4.90 Å². The van der Waals surface area contributed by atoms with Gasteiger partial charge in [-0.15, -0.1) is 0 Å². The molecule has 0 aliphatic heterocycles. The predicted molar refractivity (Wildman–Crippen MR) is 88.7 cm³/mol. The minimum atomic E-state index is -0.260. The van der Waals surface area contributed by atoms with Crippen LogP contribution in [0.4, 0.5) is 0 Å². The van der Waals surface area contributed by atoms with Gasteiger partial charge in [0.1, 0.15) is 0 Å². The van der Waals surface area contributed by atoms with Crippen molar-refractivity contribution in [3.05, 3.63) is 0 Å². The fourth-order valence-electron chi connectivity index (χ4n) is 4.04. The zero-order valence-corrected chi connectivity index (χ0v) is 14.3. The maximum atomic E-state index is 7.09. The summed E-state index contributed by atoms with van der Waals surface area (Å²) < 4.78 is -0.0823. The highest BCUT2D eigenvalue weighted by molar-refractivity contribution is 7.82. The summed E-state index contributed by atoms with van der Waals surface area (Å²) in [6.07, 6.45) is 8.67. The highest BCUT2D eigenvalue weighted by Gasteiger charge is 2.52. The van der Waals surface area contributed by atoms with Crippen molar-refractivity contribution in [2.45, 2.75) is 83.1 Å². The number of rotatable bonds is 7. The monoisotopic (exact) mass is 286 g/mol. The van der Waals surface area contributed by atoms with E-state index in [1.165, 1.54) is 32.1 Å². The molecule has 0 aromatic rings.